The van der Waals surface area contributed by atoms with Crippen LogP contribution >= 0.6 is 0 Å². The van der Waals surface area contributed by atoms with Crippen LogP contribution in [0.5, 0.6) is 5.75 Å². The van der Waals surface area contributed by atoms with Gasteiger partial charge in [-0.1, -0.05) is 36.4 Å². The Bertz CT molecular complexity index is 859. The number of nitrogens with zero attached hydrogens (tertiary/aromatic N) is 1. The van der Waals surface area contributed by atoms with Crippen LogP contribution in [0, 0.1) is 0 Å². The highest BCUT2D eigenvalue weighted by atomic mass is 32.3. The highest BCUT2D eigenvalue weighted by Crippen LogP contribution is 2.19. The molecule has 0 spiro atoms. The van der Waals surface area contributed by atoms with Crippen LogP contribution in [0.3, 0.4) is 0 Å². The summed E-state index contributed by atoms with van der Waals surface area (Å²) in [7, 11) is -4.20. The number of aliphatic hydroxyl groups is 3. The van der Waals surface area contributed by atoms with Crippen LogP contribution in [-0.2, 0) is 14.6 Å². The largest absolute Gasteiger partial charge is 0.449 e. The summed E-state index contributed by atoms with van der Waals surface area (Å²) >= 11 is 0. The maximum absolute atomic E-state index is 11.5. The Morgan fingerprint density at radius 2 is 1.31 bits per heavy atom. The lowest BCUT2D eigenvalue weighted by atomic mass is 10.1. The first kappa shape index (κ1) is 22.9. The second-order valence-corrected chi connectivity index (χ2v) is 7.18. The van der Waals surface area contributed by atoms with Crippen LogP contribution in [0.25, 0.3) is 12.2 Å². The lowest BCUT2D eigenvalue weighted by Crippen LogP contribution is -2.29. The van der Waals surface area contributed by atoms with Gasteiger partial charge in [-0.3, -0.25) is 0 Å². The fourth-order valence-electron chi connectivity index (χ4n) is 2.52. The van der Waals surface area contributed by atoms with E-state index in [1.807, 2.05) is 41.3 Å². The Morgan fingerprint density at radius 1 is 0.793 bits per heavy atom. The first-order valence-electron chi connectivity index (χ1n) is 9.02. The van der Waals surface area contributed by atoms with Crippen molar-refractivity contribution < 1.29 is 32.1 Å². The minimum absolute atomic E-state index is 0.0101. The summed E-state index contributed by atoms with van der Waals surface area (Å²) in [4.78, 5) is 1.89. The van der Waals surface area contributed by atoms with E-state index in [-0.39, 0.29) is 25.6 Å². The van der Waals surface area contributed by atoms with Gasteiger partial charge >= 0.3 is 10.4 Å². The van der Waals surface area contributed by atoms with Gasteiger partial charge in [0.25, 0.3) is 0 Å². The van der Waals surface area contributed by atoms with Gasteiger partial charge in [-0.2, -0.15) is 8.42 Å². The molecule has 8 nitrogen and oxygen atoms in total. The molecule has 158 valence electrons. The first-order valence-corrected chi connectivity index (χ1v) is 10.4. The van der Waals surface area contributed by atoms with Crippen LogP contribution in [0.15, 0.2) is 48.5 Å². The van der Waals surface area contributed by atoms with Crippen molar-refractivity contribution in [1.82, 2.24) is 0 Å². The van der Waals surface area contributed by atoms with Gasteiger partial charge in [0.15, 0.2) is 0 Å². The molecule has 9 heteroatoms. The molecule has 2 rings (SSSR count). The SMILES string of the molecule is O=S(=O)(OCCO)Oc1ccc(C=Cc2ccc(N(CCO)CCO)cc2)cc1. The smallest absolute Gasteiger partial charge is 0.395 e. The van der Waals surface area contributed by atoms with Gasteiger partial charge in [-0.05, 0) is 35.4 Å². The van der Waals surface area contributed by atoms with Gasteiger partial charge in [-0.25, -0.2) is 4.18 Å². The third-order valence-electron chi connectivity index (χ3n) is 3.86. The molecule has 0 aliphatic carbocycles. The van der Waals surface area contributed by atoms with E-state index in [9.17, 15) is 8.42 Å². The summed E-state index contributed by atoms with van der Waals surface area (Å²) in [6, 6.07) is 14.1. The van der Waals surface area contributed by atoms with Crippen LogP contribution in [0.1, 0.15) is 11.1 Å². The zero-order chi connectivity index (χ0) is 21.1. The molecule has 0 unspecified atom stereocenters. The van der Waals surface area contributed by atoms with Crippen molar-refractivity contribution in [2.45, 2.75) is 0 Å². The summed E-state index contributed by atoms with van der Waals surface area (Å²) in [5.41, 5.74) is 2.72. The number of benzene rings is 2. The minimum atomic E-state index is -4.20. The highest BCUT2D eigenvalue weighted by molar-refractivity contribution is 7.82. The maximum atomic E-state index is 11.5. The van der Waals surface area contributed by atoms with Gasteiger partial charge < -0.3 is 24.4 Å². The molecule has 0 aliphatic rings. The molecular formula is C20H25NO7S. The number of hydrogen-bond donors (Lipinski definition) is 3. The molecule has 0 bridgehead atoms. The number of anilines is 1. The Balaban J connectivity index is 1.99. The molecule has 0 fully saturated rings. The molecule has 2 aromatic rings. The first-order chi connectivity index (χ1) is 14.0. The summed E-state index contributed by atoms with van der Waals surface area (Å²) in [5.74, 6) is 0.109. The summed E-state index contributed by atoms with van der Waals surface area (Å²) in [5, 5.41) is 26.8. The van der Waals surface area contributed by atoms with Crippen molar-refractivity contribution in [2.75, 3.05) is 44.4 Å². The predicted molar refractivity (Wildman–Crippen MR) is 111 cm³/mol. The van der Waals surface area contributed by atoms with Gasteiger partial charge in [-0.15, -0.1) is 0 Å². The van der Waals surface area contributed by atoms with E-state index in [1.54, 1.807) is 12.1 Å². The van der Waals surface area contributed by atoms with Crippen molar-refractivity contribution in [3.63, 3.8) is 0 Å². The second kappa shape index (κ2) is 11.5. The average molecular weight is 423 g/mol. The van der Waals surface area contributed by atoms with Gasteiger partial charge in [0, 0.05) is 18.8 Å². The normalized spacial score (nSPS) is 11.7. The third kappa shape index (κ3) is 7.84. The predicted octanol–water partition coefficient (Wildman–Crippen LogP) is 1.28. The molecule has 0 atom stereocenters. The Hall–Kier alpha value is -2.43. The summed E-state index contributed by atoms with van der Waals surface area (Å²) in [6.07, 6.45) is 3.78. The molecule has 2 aromatic carbocycles. The van der Waals surface area contributed by atoms with Crippen molar-refractivity contribution in [3.05, 3.63) is 59.7 Å². The van der Waals surface area contributed by atoms with E-state index in [0.717, 1.165) is 16.8 Å². The molecule has 0 aromatic heterocycles. The molecule has 0 heterocycles. The summed E-state index contributed by atoms with van der Waals surface area (Å²) < 4.78 is 32.2. The van der Waals surface area contributed by atoms with Crippen LogP contribution in [0.4, 0.5) is 5.69 Å². The van der Waals surface area contributed by atoms with Crippen LogP contribution < -0.4 is 9.08 Å². The fourth-order valence-corrected chi connectivity index (χ4v) is 3.19. The summed E-state index contributed by atoms with van der Waals surface area (Å²) in [6.45, 7) is 0.135. The zero-order valence-corrected chi connectivity index (χ0v) is 16.7. The van der Waals surface area contributed by atoms with E-state index in [4.69, 9.17) is 19.5 Å². The lowest BCUT2D eigenvalue weighted by Gasteiger charge is -2.22. The molecule has 0 saturated heterocycles. The standard InChI is InChI=1S/C20H25NO7S/c22-13-11-21(12-14-23)19-7-3-17(4-8-19)1-2-18-5-9-20(10-6-18)28-29(25,26)27-16-15-24/h1-10,22-24H,11-16H2. The fraction of sp³-hybridized carbons (Fsp3) is 0.300. The molecule has 0 aliphatic heterocycles. The van der Waals surface area contributed by atoms with E-state index in [1.165, 1.54) is 12.1 Å². The van der Waals surface area contributed by atoms with E-state index >= 15 is 0 Å². The van der Waals surface area contributed by atoms with Crippen LogP contribution in [0.2, 0.25) is 0 Å². The van der Waals surface area contributed by atoms with Gasteiger partial charge in [0.05, 0.1) is 26.4 Å². The number of rotatable bonds is 12. The van der Waals surface area contributed by atoms with Crippen molar-refractivity contribution in [3.8, 4) is 5.75 Å². The molecule has 29 heavy (non-hydrogen) atoms. The number of hydrogen-bond acceptors (Lipinski definition) is 8. The second-order valence-electron chi connectivity index (χ2n) is 5.97. The van der Waals surface area contributed by atoms with Crippen molar-refractivity contribution >= 4 is 28.2 Å². The Labute approximate surface area is 170 Å². The van der Waals surface area contributed by atoms with Crippen LogP contribution in [-0.4, -0.2) is 63.3 Å². The maximum Gasteiger partial charge on any atom is 0.449 e. The van der Waals surface area contributed by atoms with E-state index in [2.05, 4.69) is 4.18 Å². The third-order valence-corrected chi connectivity index (χ3v) is 4.72. The quantitative estimate of drug-likeness (QED) is 0.437. The van der Waals surface area contributed by atoms with E-state index in [0.29, 0.717) is 13.1 Å². The van der Waals surface area contributed by atoms with Crippen molar-refractivity contribution in [1.29, 1.82) is 0 Å². The molecule has 0 amide bonds. The van der Waals surface area contributed by atoms with Gasteiger partial charge in [0.2, 0.25) is 0 Å². The monoisotopic (exact) mass is 423 g/mol. The average Bonchev–Trinajstić information content (AvgIpc) is 2.72. The Morgan fingerprint density at radius 3 is 1.79 bits per heavy atom. The molecule has 3 N–H and O–H groups in total. The Kier molecular flexibility index (Phi) is 9.10. The van der Waals surface area contributed by atoms with Crippen molar-refractivity contribution in [2.24, 2.45) is 0 Å². The topological polar surface area (TPSA) is 117 Å². The number of aliphatic hydroxyl groups excluding tert-OH is 3. The van der Waals surface area contributed by atoms with E-state index < -0.39 is 17.0 Å². The minimum Gasteiger partial charge on any atom is -0.395 e. The lowest BCUT2D eigenvalue weighted by molar-refractivity contribution is 0.190. The highest BCUT2D eigenvalue weighted by Gasteiger charge is 2.13. The van der Waals surface area contributed by atoms with Gasteiger partial charge in [0.1, 0.15) is 5.75 Å². The molecular weight excluding hydrogens is 398 g/mol. The molecule has 0 radical (unpaired) electrons. The zero-order valence-electron chi connectivity index (χ0n) is 15.8. The molecule has 0 saturated carbocycles.